The number of fused-ring (bicyclic) bond motifs is 1. The highest BCUT2D eigenvalue weighted by molar-refractivity contribution is 5.94. The zero-order valence-corrected chi connectivity index (χ0v) is 12.5. The van der Waals surface area contributed by atoms with Crippen molar-refractivity contribution in [2.75, 3.05) is 18.5 Å². The number of hydrogen-bond donors (Lipinski definition) is 1. The molecule has 0 aromatic heterocycles. The van der Waals surface area contributed by atoms with Gasteiger partial charge in [0.15, 0.2) is 0 Å². The Labute approximate surface area is 123 Å². The summed E-state index contributed by atoms with van der Waals surface area (Å²) in [5.74, 6) is -0.650. The summed E-state index contributed by atoms with van der Waals surface area (Å²) in [5, 5.41) is 3.16. The van der Waals surface area contributed by atoms with E-state index in [1.165, 1.54) is 0 Å². The van der Waals surface area contributed by atoms with Gasteiger partial charge in [0.25, 0.3) is 0 Å². The van der Waals surface area contributed by atoms with E-state index in [-0.39, 0.29) is 11.9 Å². The summed E-state index contributed by atoms with van der Waals surface area (Å²) < 4.78 is 10.0. The molecule has 0 spiro atoms. The largest absolute Gasteiger partial charge is 0.463 e. The second-order valence-corrected chi connectivity index (χ2v) is 4.72. The van der Waals surface area contributed by atoms with Crippen LogP contribution in [0.2, 0.25) is 0 Å². The summed E-state index contributed by atoms with van der Waals surface area (Å²) >= 11 is 0. The summed E-state index contributed by atoms with van der Waals surface area (Å²) in [7, 11) is 0. The predicted molar refractivity (Wildman–Crippen MR) is 79.1 cm³/mol. The minimum absolute atomic E-state index is 0.303. The number of allylic oxidation sites excluding steroid dienone is 1. The second-order valence-electron chi connectivity index (χ2n) is 4.72. The van der Waals surface area contributed by atoms with E-state index in [1.807, 2.05) is 13.0 Å². The molecule has 1 aliphatic heterocycles. The van der Waals surface area contributed by atoms with Crippen molar-refractivity contribution in [1.82, 2.24) is 0 Å². The topological polar surface area (TPSA) is 64.6 Å². The summed E-state index contributed by atoms with van der Waals surface area (Å²) in [5.41, 5.74) is 3.65. The highest BCUT2D eigenvalue weighted by atomic mass is 16.5. The highest BCUT2D eigenvalue weighted by Gasteiger charge is 2.22. The van der Waals surface area contributed by atoms with Crippen molar-refractivity contribution in [2.45, 2.75) is 27.2 Å². The summed E-state index contributed by atoms with van der Waals surface area (Å²) in [6, 6.07) is 5.29. The number of benzene rings is 1. The first-order valence-corrected chi connectivity index (χ1v) is 7.00. The molecule has 21 heavy (non-hydrogen) atoms. The Balaban J connectivity index is 2.24. The zero-order valence-electron chi connectivity index (χ0n) is 12.5. The van der Waals surface area contributed by atoms with Crippen molar-refractivity contribution in [2.24, 2.45) is 0 Å². The standard InChI is InChI=1S/C16H19NO4/c1-4-20-15(18)12-7-6-11-8-13(16(19)21-5-2)10(3)17-14(11)9-12/h6-7,9,17H,4-5,8H2,1-3H3. The lowest BCUT2D eigenvalue weighted by Crippen LogP contribution is -2.19. The van der Waals surface area contributed by atoms with Gasteiger partial charge in [0.05, 0.1) is 24.4 Å². The first-order chi connectivity index (χ1) is 10.1. The van der Waals surface area contributed by atoms with Gasteiger partial charge in [-0.25, -0.2) is 9.59 Å². The first kappa shape index (κ1) is 15.1. The van der Waals surface area contributed by atoms with Crippen LogP contribution in [0.3, 0.4) is 0 Å². The number of rotatable bonds is 4. The van der Waals surface area contributed by atoms with E-state index in [2.05, 4.69) is 5.32 Å². The van der Waals surface area contributed by atoms with Crippen LogP contribution in [0.1, 0.15) is 36.7 Å². The number of hydrogen-bond acceptors (Lipinski definition) is 5. The third-order valence-electron chi connectivity index (χ3n) is 3.28. The second kappa shape index (κ2) is 6.43. The molecule has 1 aromatic rings. The molecule has 5 heteroatoms. The number of ether oxygens (including phenoxy) is 2. The molecule has 112 valence electrons. The van der Waals surface area contributed by atoms with Gasteiger partial charge in [-0.2, -0.15) is 0 Å². The van der Waals surface area contributed by atoms with E-state index >= 15 is 0 Å². The van der Waals surface area contributed by atoms with Crippen LogP contribution in [0.15, 0.2) is 29.5 Å². The Kier molecular flexibility index (Phi) is 4.62. The van der Waals surface area contributed by atoms with Crippen molar-refractivity contribution in [3.05, 3.63) is 40.6 Å². The molecule has 1 aromatic carbocycles. The molecule has 0 amide bonds. The molecule has 1 N–H and O–H groups in total. The number of esters is 2. The molecule has 0 unspecified atom stereocenters. The Morgan fingerprint density at radius 3 is 2.48 bits per heavy atom. The Morgan fingerprint density at radius 2 is 1.81 bits per heavy atom. The lowest BCUT2D eigenvalue weighted by Gasteiger charge is -2.22. The van der Waals surface area contributed by atoms with Crippen LogP contribution in [0.25, 0.3) is 0 Å². The highest BCUT2D eigenvalue weighted by Crippen LogP contribution is 2.29. The smallest absolute Gasteiger partial charge is 0.338 e. The molecule has 0 bridgehead atoms. The molecule has 2 rings (SSSR count). The number of anilines is 1. The lowest BCUT2D eigenvalue weighted by atomic mass is 9.96. The van der Waals surface area contributed by atoms with Gasteiger partial charge < -0.3 is 14.8 Å². The van der Waals surface area contributed by atoms with Gasteiger partial charge >= 0.3 is 11.9 Å². The van der Waals surface area contributed by atoms with Gasteiger partial charge in [-0.15, -0.1) is 0 Å². The molecular formula is C16H19NO4. The Hall–Kier alpha value is -2.30. The third-order valence-corrected chi connectivity index (χ3v) is 3.28. The first-order valence-electron chi connectivity index (χ1n) is 7.00. The maximum absolute atomic E-state index is 11.9. The van der Waals surface area contributed by atoms with Crippen LogP contribution >= 0.6 is 0 Å². The Morgan fingerprint density at radius 1 is 1.14 bits per heavy atom. The monoisotopic (exact) mass is 289 g/mol. The quantitative estimate of drug-likeness (QED) is 0.863. The molecule has 0 atom stereocenters. The van der Waals surface area contributed by atoms with E-state index in [0.29, 0.717) is 30.8 Å². The van der Waals surface area contributed by atoms with Crippen molar-refractivity contribution < 1.29 is 19.1 Å². The fraction of sp³-hybridized carbons (Fsp3) is 0.375. The third kappa shape index (κ3) is 3.24. The molecule has 1 aliphatic rings. The molecule has 0 aliphatic carbocycles. The fourth-order valence-electron chi connectivity index (χ4n) is 2.23. The van der Waals surface area contributed by atoms with Gasteiger partial charge in [0.2, 0.25) is 0 Å². The molecule has 0 fully saturated rings. The summed E-state index contributed by atoms with van der Waals surface area (Å²) in [6.07, 6.45) is 0.496. The van der Waals surface area contributed by atoms with Crippen molar-refractivity contribution in [3.63, 3.8) is 0 Å². The van der Waals surface area contributed by atoms with E-state index in [4.69, 9.17) is 9.47 Å². The van der Waals surface area contributed by atoms with E-state index in [1.54, 1.807) is 26.0 Å². The minimum Gasteiger partial charge on any atom is -0.463 e. The van der Waals surface area contributed by atoms with Crippen LogP contribution in [-0.2, 0) is 20.7 Å². The van der Waals surface area contributed by atoms with E-state index < -0.39 is 0 Å². The number of nitrogens with one attached hydrogen (secondary N) is 1. The van der Waals surface area contributed by atoms with Crippen LogP contribution in [0.4, 0.5) is 5.69 Å². The summed E-state index contributed by atoms with van der Waals surface area (Å²) in [4.78, 5) is 23.6. The molecule has 0 saturated heterocycles. The van der Waals surface area contributed by atoms with Gasteiger partial charge in [-0.3, -0.25) is 0 Å². The fourth-order valence-corrected chi connectivity index (χ4v) is 2.23. The molecule has 5 nitrogen and oxygen atoms in total. The predicted octanol–water partition coefficient (Wildman–Crippen LogP) is 2.67. The number of carbonyl (C=O) groups excluding carboxylic acids is 2. The molecule has 0 saturated carbocycles. The van der Waals surface area contributed by atoms with Crippen molar-refractivity contribution >= 4 is 17.6 Å². The average Bonchev–Trinajstić information content (AvgIpc) is 2.46. The minimum atomic E-state index is -0.347. The molecular weight excluding hydrogens is 270 g/mol. The SMILES string of the molecule is CCOC(=O)C1=C(C)Nc2cc(C(=O)OCC)ccc2C1. The molecule has 1 heterocycles. The Bertz CT molecular complexity index is 604. The zero-order chi connectivity index (χ0) is 15.4. The van der Waals surface area contributed by atoms with Crippen LogP contribution in [0.5, 0.6) is 0 Å². The van der Waals surface area contributed by atoms with Gasteiger partial charge in [-0.05, 0) is 38.5 Å². The summed E-state index contributed by atoms with van der Waals surface area (Å²) in [6.45, 7) is 6.07. The van der Waals surface area contributed by atoms with Crippen molar-refractivity contribution in [3.8, 4) is 0 Å². The maximum atomic E-state index is 11.9. The van der Waals surface area contributed by atoms with Gasteiger partial charge in [0.1, 0.15) is 0 Å². The lowest BCUT2D eigenvalue weighted by molar-refractivity contribution is -0.138. The van der Waals surface area contributed by atoms with Gasteiger partial charge in [0, 0.05) is 17.8 Å². The van der Waals surface area contributed by atoms with Crippen LogP contribution < -0.4 is 5.32 Å². The van der Waals surface area contributed by atoms with Crippen molar-refractivity contribution in [1.29, 1.82) is 0 Å². The average molecular weight is 289 g/mol. The normalized spacial score (nSPS) is 13.3. The van der Waals surface area contributed by atoms with Crippen LogP contribution in [0, 0.1) is 0 Å². The van der Waals surface area contributed by atoms with E-state index in [0.717, 1.165) is 16.9 Å². The maximum Gasteiger partial charge on any atom is 0.338 e. The van der Waals surface area contributed by atoms with E-state index in [9.17, 15) is 9.59 Å². The van der Waals surface area contributed by atoms with Gasteiger partial charge in [-0.1, -0.05) is 6.07 Å². The molecule has 0 radical (unpaired) electrons. The van der Waals surface area contributed by atoms with Crippen LogP contribution in [-0.4, -0.2) is 25.2 Å². The number of carbonyl (C=O) groups is 2.